The summed E-state index contributed by atoms with van der Waals surface area (Å²) in [6, 6.07) is 9.50. The van der Waals surface area contributed by atoms with E-state index in [0.29, 0.717) is 16.7 Å². The Morgan fingerprint density at radius 2 is 1.83 bits per heavy atom. The summed E-state index contributed by atoms with van der Waals surface area (Å²) >= 11 is 0. The van der Waals surface area contributed by atoms with Crippen molar-refractivity contribution in [2.24, 2.45) is 0 Å². The lowest BCUT2D eigenvalue weighted by molar-refractivity contribution is -0.141. The fourth-order valence-electron chi connectivity index (χ4n) is 4.11. The highest BCUT2D eigenvalue weighted by molar-refractivity contribution is 5.74. The molecule has 0 bridgehead atoms. The fraction of sp³-hybridized carbons (Fsp3) is 0.400. The first kappa shape index (κ1) is 25.2. The van der Waals surface area contributed by atoms with E-state index in [-0.39, 0.29) is 17.5 Å². The number of ether oxygens (including phenoxy) is 2. The molecule has 1 aliphatic rings. The van der Waals surface area contributed by atoms with Gasteiger partial charge < -0.3 is 9.47 Å². The molecule has 0 amide bonds. The molecule has 0 saturated heterocycles. The molecule has 1 aliphatic carbocycles. The third kappa shape index (κ3) is 5.82. The summed E-state index contributed by atoms with van der Waals surface area (Å²) in [5.74, 6) is 0. The summed E-state index contributed by atoms with van der Waals surface area (Å²) in [7, 11) is 0. The largest absolute Gasteiger partial charge is 0.510 e. The smallest absolute Gasteiger partial charge is 0.431 e. The van der Waals surface area contributed by atoms with Gasteiger partial charge in [-0.1, -0.05) is 18.6 Å². The second-order valence-corrected chi connectivity index (χ2v) is 8.69. The number of nitriles is 1. The molecule has 0 N–H and O–H groups in total. The Kier molecular flexibility index (Phi) is 7.24. The highest BCUT2D eigenvalue weighted by Gasteiger charge is 2.32. The van der Waals surface area contributed by atoms with Crippen LogP contribution in [0.25, 0.3) is 22.4 Å². The van der Waals surface area contributed by atoms with E-state index in [1.54, 1.807) is 25.1 Å². The van der Waals surface area contributed by atoms with Gasteiger partial charge in [0.1, 0.15) is 23.6 Å². The topological polar surface area (TPSA) is 103 Å². The van der Waals surface area contributed by atoms with Crippen molar-refractivity contribution >= 4 is 6.16 Å². The number of benzene rings is 1. The second kappa shape index (κ2) is 10.4. The van der Waals surface area contributed by atoms with Gasteiger partial charge in [-0.2, -0.15) is 18.4 Å². The van der Waals surface area contributed by atoms with E-state index in [1.807, 2.05) is 13.0 Å². The van der Waals surface area contributed by atoms with Crippen LogP contribution in [0.4, 0.5) is 18.0 Å². The molecular formula is C25H24F3N5O3. The number of carbonyl (C=O) groups is 1. The van der Waals surface area contributed by atoms with Crippen LogP contribution in [0.2, 0.25) is 0 Å². The Balaban J connectivity index is 1.56. The van der Waals surface area contributed by atoms with Crippen LogP contribution in [0, 0.1) is 18.3 Å². The minimum absolute atomic E-state index is 0.00759. The van der Waals surface area contributed by atoms with Gasteiger partial charge in [-0.25, -0.2) is 4.79 Å². The molecule has 4 rings (SSSR count). The predicted octanol–water partition coefficient (Wildman–Crippen LogP) is 6.21. The summed E-state index contributed by atoms with van der Waals surface area (Å²) in [6.07, 6.45) is -0.557. The van der Waals surface area contributed by atoms with E-state index >= 15 is 0 Å². The zero-order valence-electron chi connectivity index (χ0n) is 19.7. The third-order valence-electron chi connectivity index (χ3n) is 5.88. The molecule has 188 valence electrons. The maximum Gasteiger partial charge on any atom is 0.510 e. The molecule has 1 fully saturated rings. The lowest BCUT2D eigenvalue weighted by Gasteiger charge is -2.22. The van der Waals surface area contributed by atoms with Gasteiger partial charge in [-0.05, 0) is 68.9 Å². The summed E-state index contributed by atoms with van der Waals surface area (Å²) in [6.45, 7) is 3.37. The molecule has 1 aromatic carbocycles. The highest BCUT2D eigenvalue weighted by atomic mass is 19.4. The van der Waals surface area contributed by atoms with E-state index in [9.17, 15) is 23.2 Å². The number of halogens is 3. The Bertz CT molecular complexity index is 1280. The van der Waals surface area contributed by atoms with Crippen LogP contribution in [0.3, 0.4) is 0 Å². The maximum absolute atomic E-state index is 12.9. The number of rotatable bonds is 5. The lowest BCUT2D eigenvalue weighted by Crippen LogP contribution is -2.24. The normalized spacial score (nSPS) is 15.2. The average molecular weight is 499 g/mol. The van der Waals surface area contributed by atoms with Crippen molar-refractivity contribution in [3.05, 3.63) is 53.5 Å². The van der Waals surface area contributed by atoms with Gasteiger partial charge in [0.15, 0.2) is 5.69 Å². The number of aromatic nitrogens is 4. The molecule has 1 unspecified atom stereocenters. The van der Waals surface area contributed by atoms with Crippen LogP contribution in [-0.4, -0.2) is 32.2 Å². The lowest BCUT2D eigenvalue weighted by atomic mass is 9.98. The van der Waals surface area contributed by atoms with Crippen molar-refractivity contribution in [1.82, 2.24) is 20.0 Å². The molecule has 36 heavy (non-hydrogen) atoms. The highest BCUT2D eigenvalue weighted by Crippen LogP contribution is 2.32. The van der Waals surface area contributed by atoms with Gasteiger partial charge >= 0.3 is 12.3 Å². The van der Waals surface area contributed by atoms with E-state index in [4.69, 9.17) is 9.47 Å². The number of hydrogen-bond acceptors (Lipinski definition) is 7. The van der Waals surface area contributed by atoms with E-state index in [2.05, 4.69) is 15.2 Å². The summed E-state index contributed by atoms with van der Waals surface area (Å²) in [5, 5.41) is 18.1. The number of nitrogens with zero attached hydrogens (tertiary/aromatic N) is 5. The number of pyridine rings is 1. The monoisotopic (exact) mass is 499 g/mol. The predicted molar refractivity (Wildman–Crippen MR) is 122 cm³/mol. The van der Waals surface area contributed by atoms with Gasteiger partial charge in [-0.3, -0.25) is 4.98 Å². The first-order chi connectivity index (χ1) is 17.1. The Hall–Kier alpha value is -3.94. The molecule has 0 radical (unpaired) electrons. The molecule has 3 aromatic rings. The van der Waals surface area contributed by atoms with Crippen LogP contribution in [0.1, 0.15) is 62.2 Å². The van der Waals surface area contributed by atoms with Crippen molar-refractivity contribution in [2.75, 3.05) is 0 Å². The zero-order chi connectivity index (χ0) is 25.9. The summed E-state index contributed by atoms with van der Waals surface area (Å²) in [5.41, 5.74) is 1.67. The average Bonchev–Trinajstić information content (AvgIpc) is 3.29. The van der Waals surface area contributed by atoms with Gasteiger partial charge in [0.05, 0.1) is 0 Å². The van der Waals surface area contributed by atoms with E-state index in [0.717, 1.165) is 54.7 Å². The maximum atomic E-state index is 12.9. The minimum Gasteiger partial charge on any atom is -0.431 e. The summed E-state index contributed by atoms with van der Waals surface area (Å²) in [4.78, 5) is 16.8. The Morgan fingerprint density at radius 1 is 1.11 bits per heavy atom. The molecule has 11 heteroatoms. The van der Waals surface area contributed by atoms with Crippen molar-refractivity contribution in [3.63, 3.8) is 0 Å². The molecule has 0 spiro atoms. The molecule has 8 nitrogen and oxygen atoms in total. The number of aryl methyl sites for hydroxylation is 1. The molecule has 1 saturated carbocycles. The molecule has 0 aliphatic heterocycles. The van der Waals surface area contributed by atoms with Crippen LogP contribution in [0.5, 0.6) is 0 Å². The Labute approximate surface area is 205 Å². The van der Waals surface area contributed by atoms with Crippen molar-refractivity contribution in [3.8, 4) is 28.5 Å². The first-order valence-electron chi connectivity index (χ1n) is 11.5. The minimum atomic E-state index is -4.53. The van der Waals surface area contributed by atoms with Gasteiger partial charge in [0.2, 0.25) is 6.23 Å². The number of hydrogen-bond donors (Lipinski definition) is 0. The molecule has 2 aromatic heterocycles. The third-order valence-corrected chi connectivity index (χ3v) is 5.88. The number of carbonyl (C=O) groups excluding carboxylic acids is 1. The number of alkyl halides is 3. The van der Waals surface area contributed by atoms with Crippen LogP contribution in [-0.2, 0) is 15.7 Å². The standard InChI is InChI=1S/C25H24F3N5O3/c1-15-10-18(17-8-9-22(30-14-17)25(26,27)28)12-19(11-15)23-21(13-29)31-33(32-23)16(2)35-24(34)36-20-6-4-3-5-7-20/h8-12,14,16,20H,3-7H2,1-2H3. The van der Waals surface area contributed by atoms with E-state index in [1.165, 1.54) is 6.07 Å². The van der Waals surface area contributed by atoms with Crippen molar-refractivity contribution < 1.29 is 27.4 Å². The first-order valence-corrected chi connectivity index (χ1v) is 11.5. The fourth-order valence-corrected chi connectivity index (χ4v) is 4.11. The molecule has 2 heterocycles. The van der Waals surface area contributed by atoms with Gasteiger partial charge in [0, 0.05) is 17.3 Å². The van der Waals surface area contributed by atoms with Gasteiger partial charge in [-0.15, -0.1) is 15.0 Å². The summed E-state index contributed by atoms with van der Waals surface area (Å²) < 4.78 is 49.3. The van der Waals surface area contributed by atoms with Crippen LogP contribution >= 0.6 is 0 Å². The SMILES string of the molecule is Cc1cc(-c2ccc(C(F)(F)F)nc2)cc(-c2nn(C(C)OC(=O)OC3CCCCC3)nc2C#N)c1. The van der Waals surface area contributed by atoms with Crippen LogP contribution < -0.4 is 0 Å². The van der Waals surface area contributed by atoms with Crippen molar-refractivity contribution in [1.29, 1.82) is 5.26 Å². The van der Waals surface area contributed by atoms with Crippen molar-refractivity contribution in [2.45, 2.75) is 64.5 Å². The molecule has 1 atom stereocenters. The van der Waals surface area contributed by atoms with E-state index < -0.39 is 24.3 Å². The Morgan fingerprint density at radius 3 is 2.47 bits per heavy atom. The second-order valence-electron chi connectivity index (χ2n) is 8.69. The molecular weight excluding hydrogens is 475 g/mol. The van der Waals surface area contributed by atoms with Crippen LogP contribution in [0.15, 0.2) is 36.5 Å². The zero-order valence-corrected chi connectivity index (χ0v) is 19.7. The quantitative estimate of drug-likeness (QED) is 0.385. The van der Waals surface area contributed by atoms with Gasteiger partial charge in [0.25, 0.3) is 0 Å².